The van der Waals surface area contributed by atoms with Gasteiger partial charge in [-0.1, -0.05) is 19.9 Å². The molecule has 1 amide bonds. The first-order valence-corrected chi connectivity index (χ1v) is 7.23. The van der Waals surface area contributed by atoms with Gasteiger partial charge in [-0.05, 0) is 24.5 Å². The molecule has 5 heteroatoms. The van der Waals surface area contributed by atoms with Gasteiger partial charge in [-0.15, -0.1) is 11.6 Å². The largest absolute Gasteiger partial charge is 0.349 e. The minimum absolute atomic E-state index is 0.0620. The van der Waals surface area contributed by atoms with E-state index in [4.69, 9.17) is 11.6 Å². The molecule has 1 heterocycles. The lowest BCUT2D eigenvalue weighted by Crippen LogP contribution is -2.39. The number of hydrogen-bond acceptors (Lipinski definition) is 3. The van der Waals surface area contributed by atoms with Gasteiger partial charge in [0.2, 0.25) is 0 Å². The predicted molar refractivity (Wildman–Crippen MR) is 81.0 cm³/mol. The summed E-state index contributed by atoms with van der Waals surface area (Å²) in [7, 11) is 0. The number of nitrogens with one attached hydrogen (secondary N) is 1. The number of para-hydroxylation sites is 1. The second-order valence-corrected chi connectivity index (χ2v) is 5.41. The maximum Gasteiger partial charge on any atom is 0.253 e. The molecule has 0 aliphatic rings. The molecular weight excluding hydrogens is 274 g/mol. The fourth-order valence-electron chi connectivity index (χ4n) is 2.11. The Kier molecular flexibility index (Phi) is 4.90. The SMILES string of the molecule is CC(C)C(CCCl)NC(=O)c1cccc2nccnc12. The van der Waals surface area contributed by atoms with Crippen molar-refractivity contribution < 1.29 is 4.79 Å². The van der Waals surface area contributed by atoms with Crippen LogP contribution in [-0.2, 0) is 0 Å². The third-order valence-corrected chi connectivity index (χ3v) is 3.50. The zero-order valence-electron chi connectivity index (χ0n) is 11.6. The average molecular weight is 292 g/mol. The van der Waals surface area contributed by atoms with Gasteiger partial charge in [0.1, 0.15) is 5.52 Å². The van der Waals surface area contributed by atoms with Gasteiger partial charge < -0.3 is 5.32 Å². The number of nitrogens with zero attached hydrogens (tertiary/aromatic N) is 2. The summed E-state index contributed by atoms with van der Waals surface area (Å²) in [4.78, 5) is 20.9. The third-order valence-electron chi connectivity index (χ3n) is 3.28. The molecule has 1 unspecified atom stereocenters. The van der Waals surface area contributed by atoms with Gasteiger partial charge in [0.05, 0.1) is 11.1 Å². The Labute approximate surface area is 123 Å². The molecule has 0 saturated carbocycles. The van der Waals surface area contributed by atoms with Crippen LogP contribution in [0.2, 0.25) is 0 Å². The number of fused-ring (bicyclic) bond motifs is 1. The number of carbonyl (C=O) groups is 1. The lowest BCUT2D eigenvalue weighted by Gasteiger charge is -2.21. The molecule has 1 N–H and O–H groups in total. The van der Waals surface area contributed by atoms with Gasteiger partial charge in [-0.2, -0.15) is 0 Å². The molecule has 2 rings (SSSR count). The number of halogens is 1. The monoisotopic (exact) mass is 291 g/mol. The Morgan fingerprint density at radius 2 is 2.05 bits per heavy atom. The summed E-state index contributed by atoms with van der Waals surface area (Å²) >= 11 is 5.79. The summed E-state index contributed by atoms with van der Waals surface area (Å²) in [6, 6.07) is 5.49. The Bertz CT molecular complexity index is 595. The van der Waals surface area contributed by atoms with Crippen molar-refractivity contribution in [2.24, 2.45) is 5.92 Å². The highest BCUT2D eigenvalue weighted by Gasteiger charge is 2.18. The number of hydrogen-bond donors (Lipinski definition) is 1. The van der Waals surface area contributed by atoms with Crippen LogP contribution in [0.25, 0.3) is 11.0 Å². The van der Waals surface area contributed by atoms with Crippen LogP contribution in [0.5, 0.6) is 0 Å². The molecule has 20 heavy (non-hydrogen) atoms. The first-order chi connectivity index (χ1) is 9.63. The minimum Gasteiger partial charge on any atom is -0.349 e. The molecule has 0 aliphatic carbocycles. The van der Waals surface area contributed by atoms with E-state index in [1.54, 1.807) is 18.5 Å². The summed E-state index contributed by atoms with van der Waals surface area (Å²) in [5.74, 6) is 0.733. The van der Waals surface area contributed by atoms with Crippen molar-refractivity contribution in [2.45, 2.75) is 26.3 Å². The van der Waals surface area contributed by atoms with Crippen LogP contribution >= 0.6 is 11.6 Å². The summed E-state index contributed by atoms with van der Waals surface area (Å²) in [6.45, 7) is 4.14. The van der Waals surface area contributed by atoms with Gasteiger partial charge in [0.25, 0.3) is 5.91 Å². The molecule has 106 valence electrons. The van der Waals surface area contributed by atoms with E-state index in [1.807, 2.05) is 12.1 Å². The molecule has 4 nitrogen and oxygen atoms in total. The maximum atomic E-state index is 12.4. The normalized spacial score (nSPS) is 12.6. The number of amides is 1. The molecule has 2 aromatic rings. The van der Waals surface area contributed by atoms with Crippen molar-refractivity contribution in [1.29, 1.82) is 0 Å². The van der Waals surface area contributed by atoms with E-state index in [0.29, 0.717) is 22.9 Å². The summed E-state index contributed by atoms with van der Waals surface area (Å²) in [5, 5.41) is 3.03. The van der Waals surface area contributed by atoms with Crippen molar-refractivity contribution >= 4 is 28.5 Å². The van der Waals surface area contributed by atoms with Gasteiger partial charge in [-0.3, -0.25) is 14.8 Å². The fraction of sp³-hybridized carbons (Fsp3) is 0.400. The molecule has 1 aromatic heterocycles. The number of alkyl halides is 1. The lowest BCUT2D eigenvalue weighted by molar-refractivity contribution is 0.0926. The second-order valence-electron chi connectivity index (χ2n) is 5.03. The fourth-order valence-corrected chi connectivity index (χ4v) is 2.35. The second kappa shape index (κ2) is 6.66. The van der Waals surface area contributed by atoms with Gasteiger partial charge >= 0.3 is 0 Å². The molecule has 0 saturated heterocycles. The topological polar surface area (TPSA) is 54.9 Å². The Hall–Kier alpha value is -1.68. The van der Waals surface area contributed by atoms with Crippen molar-refractivity contribution in [3.05, 3.63) is 36.2 Å². The first-order valence-electron chi connectivity index (χ1n) is 6.70. The van der Waals surface area contributed by atoms with Crippen LogP contribution in [0, 0.1) is 5.92 Å². The van der Waals surface area contributed by atoms with E-state index in [1.165, 1.54) is 0 Å². The summed E-state index contributed by atoms with van der Waals surface area (Å²) < 4.78 is 0. The summed E-state index contributed by atoms with van der Waals surface area (Å²) in [5.41, 5.74) is 1.90. The maximum absolute atomic E-state index is 12.4. The van der Waals surface area contributed by atoms with Gasteiger partial charge in [-0.25, -0.2) is 0 Å². The lowest BCUT2D eigenvalue weighted by atomic mass is 10.0. The number of carbonyl (C=O) groups excluding carboxylic acids is 1. The highest BCUT2D eigenvalue weighted by molar-refractivity contribution is 6.17. The molecule has 0 spiro atoms. The molecule has 1 atom stereocenters. The van der Waals surface area contributed by atoms with Crippen LogP contribution < -0.4 is 5.32 Å². The number of rotatable bonds is 5. The average Bonchev–Trinajstić information content (AvgIpc) is 2.46. The molecule has 0 bridgehead atoms. The number of aromatic nitrogens is 2. The van der Waals surface area contributed by atoms with E-state index < -0.39 is 0 Å². The zero-order chi connectivity index (χ0) is 14.5. The Morgan fingerprint density at radius 1 is 1.30 bits per heavy atom. The van der Waals surface area contributed by atoms with Crippen molar-refractivity contribution in [1.82, 2.24) is 15.3 Å². The minimum atomic E-state index is -0.125. The quantitative estimate of drug-likeness (QED) is 0.862. The van der Waals surface area contributed by atoms with Gasteiger partial charge in [0.15, 0.2) is 0 Å². The van der Waals surface area contributed by atoms with Crippen LogP contribution in [0.1, 0.15) is 30.6 Å². The van der Waals surface area contributed by atoms with E-state index >= 15 is 0 Å². The smallest absolute Gasteiger partial charge is 0.253 e. The molecule has 0 aliphatic heterocycles. The zero-order valence-corrected chi connectivity index (χ0v) is 12.4. The first kappa shape index (κ1) is 14.7. The molecule has 1 aromatic carbocycles. The number of benzene rings is 1. The molecule has 0 radical (unpaired) electrons. The van der Waals surface area contributed by atoms with Crippen LogP contribution in [0.4, 0.5) is 0 Å². The van der Waals surface area contributed by atoms with Crippen LogP contribution in [0.15, 0.2) is 30.6 Å². The summed E-state index contributed by atoms with van der Waals surface area (Å²) in [6.07, 6.45) is 3.97. The van der Waals surface area contributed by atoms with Crippen molar-refractivity contribution in [2.75, 3.05) is 5.88 Å². The van der Waals surface area contributed by atoms with E-state index in [2.05, 4.69) is 29.1 Å². The van der Waals surface area contributed by atoms with Crippen LogP contribution in [-0.4, -0.2) is 27.8 Å². The molecular formula is C15H18ClN3O. The molecule has 0 fully saturated rings. The Balaban J connectivity index is 2.27. The highest BCUT2D eigenvalue weighted by atomic mass is 35.5. The van der Waals surface area contributed by atoms with E-state index in [9.17, 15) is 4.79 Å². The predicted octanol–water partition coefficient (Wildman–Crippen LogP) is 3.01. The van der Waals surface area contributed by atoms with Crippen molar-refractivity contribution in [3.8, 4) is 0 Å². The van der Waals surface area contributed by atoms with Crippen LogP contribution in [0.3, 0.4) is 0 Å². The Morgan fingerprint density at radius 3 is 2.75 bits per heavy atom. The van der Waals surface area contributed by atoms with E-state index in [-0.39, 0.29) is 11.9 Å². The highest BCUT2D eigenvalue weighted by Crippen LogP contribution is 2.15. The van der Waals surface area contributed by atoms with E-state index in [0.717, 1.165) is 11.9 Å². The third kappa shape index (κ3) is 3.25. The standard InChI is InChI=1S/C15H18ClN3O/c1-10(2)12(6-7-16)19-15(20)11-4-3-5-13-14(11)18-9-8-17-13/h3-5,8-10,12H,6-7H2,1-2H3,(H,19,20). The van der Waals surface area contributed by atoms with Crippen molar-refractivity contribution in [3.63, 3.8) is 0 Å². The van der Waals surface area contributed by atoms with Gasteiger partial charge in [0, 0.05) is 24.3 Å².